The Bertz CT molecular complexity index is 467. The molecule has 1 rings (SSSR count). The lowest BCUT2D eigenvalue weighted by Gasteiger charge is -2.09. The van der Waals surface area contributed by atoms with Crippen molar-refractivity contribution in [2.24, 2.45) is 0 Å². The van der Waals surface area contributed by atoms with Crippen molar-refractivity contribution in [3.8, 4) is 5.75 Å². The molecule has 1 aromatic carbocycles. The molecule has 0 spiro atoms. The van der Waals surface area contributed by atoms with Crippen LogP contribution in [0.4, 0.5) is 0 Å². The summed E-state index contributed by atoms with van der Waals surface area (Å²) in [5.74, 6) is -0.0872. The molecule has 0 aromatic heterocycles. The standard InChI is InChI=1S/C15H20O5/c1-4-19-13-9-11(6-7-14(16)18-3)8-12(10-13)15(17)20-5-2/h8-10H,4-7H2,1-3H3. The molecular weight excluding hydrogens is 260 g/mol. The van der Waals surface area contributed by atoms with E-state index in [0.29, 0.717) is 30.9 Å². The molecule has 0 N–H and O–H groups in total. The Morgan fingerprint density at radius 1 is 1.10 bits per heavy atom. The van der Waals surface area contributed by atoms with E-state index >= 15 is 0 Å². The second-order valence-electron chi connectivity index (χ2n) is 4.10. The third kappa shape index (κ3) is 4.91. The summed E-state index contributed by atoms with van der Waals surface area (Å²) in [6.45, 7) is 4.44. The Balaban J connectivity index is 2.91. The molecule has 0 amide bonds. The largest absolute Gasteiger partial charge is 0.494 e. The van der Waals surface area contributed by atoms with Gasteiger partial charge < -0.3 is 14.2 Å². The van der Waals surface area contributed by atoms with E-state index < -0.39 is 5.97 Å². The molecule has 0 aliphatic carbocycles. The number of hydrogen-bond donors (Lipinski definition) is 0. The fourth-order valence-corrected chi connectivity index (χ4v) is 1.74. The molecular formula is C15H20O5. The van der Waals surface area contributed by atoms with Crippen molar-refractivity contribution in [1.29, 1.82) is 0 Å². The lowest BCUT2D eigenvalue weighted by Crippen LogP contribution is -2.07. The third-order valence-corrected chi connectivity index (χ3v) is 2.63. The Morgan fingerprint density at radius 3 is 2.45 bits per heavy atom. The zero-order valence-corrected chi connectivity index (χ0v) is 12.1. The Labute approximate surface area is 118 Å². The number of rotatable bonds is 7. The van der Waals surface area contributed by atoms with Crippen LogP contribution < -0.4 is 4.74 Å². The number of methoxy groups -OCH3 is 1. The highest BCUT2D eigenvalue weighted by molar-refractivity contribution is 5.90. The summed E-state index contributed by atoms with van der Waals surface area (Å²) in [4.78, 5) is 23.0. The highest BCUT2D eigenvalue weighted by Gasteiger charge is 2.11. The monoisotopic (exact) mass is 280 g/mol. The van der Waals surface area contributed by atoms with Gasteiger partial charge >= 0.3 is 11.9 Å². The van der Waals surface area contributed by atoms with Crippen molar-refractivity contribution in [3.05, 3.63) is 29.3 Å². The lowest BCUT2D eigenvalue weighted by atomic mass is 10.1. The van der Waals surface area contributed by atoms with Crippen molar-refractivity contribution >= 4 is 11.9 Å². The van der Waals surface area contributed by atoms with Crippen LogP contribution in [0.1, 0.15) is 36.2 Å². The van der Waals surface area contributed by atoms with Crippen molar-refractivity contribution < 1.29 is 23.8 Å². The zero-order chi connectivity index (χ0) is 15.0. The van der Waals surface area contributed by atoms with E-state index in [2.05, 4.69) is 4.74 Å². The second kappa shape index (κ2) is 8.19. The SMILES string of the molecule is CCOC(=O)c1cc(CCC(=O)OC)cc(OCC)c1. The van der Waals surface area contributed by atoms with E-state index in [1.54, 1.807) is 19.1 Å². The molecule has 20 heavy (non-hydrogen) atoms. The molecule has 0 aliphatic rings. The Hall–Kier alpha value is -2.04. The maximum absolute atomic E-state index is 11.8. The van der Waals surface area contributed by atoms with Gasteiger partial charge in [0.15, 0.2) is 0 Å². The fourth-order valence-electron chi connectivity index (χ4n) is 1.74. The molecule has 1 aromatic rings. The summed E-state index contributed by atoms with van der Waals surface area (Å²) in [5.41, 5.74) is 1.27. The molecule has 0 fully saturated rings. The van der Waals surface area contributed by atoms with Crippen molar-refractivity contribution in [2.75, 3.05) is 20.3 Å². The number of benzene rings is 1. The number of hydrogen-bond acceptors (Lipinski definition) is 5. The van der Waals surface area contributed by atoms with Gasteiger partial charge in [0.25, 0.3) is 0 Å². The van der Waals surface area contributed by atoms with Crippen LogP contribution in [0.15, 0.2) is 18.2 Å². The first kappa shape index (κ1) is 16.0. The number of esters is 2. The maximum Gasteiger partial charge on any atom is 0.338 e. The van der Waals surface area contributed by atoms with Crippen LogP contribution in [-0.2, 0) is 20.7 Å². The fraction of sp³-hybridized carbons (Fsp3) is 0.467. The van der Waals surface area contributed by atoms with Crippen molar-refractivity contribution in [3.63, 3.8) is 0 Å². The van der Waals surface area contributed by atoms with Gasteiger partial charge in [-0.3, -0.25) is 4.79 Å². The highest BCUT2D eigenvalue weighted by Crippen LogP contribution is 2.19. The third-order valence-electron chi connectivity index (χ3n) is 2.63. The molecule has 0 radical (unpaired) electrons. The smallest absolute Gasteiger partial charge is 0.338 e. The van der Waals surface area contributed by atoms with E-state index in [4.69, 9.17) is 9.47 Å². The molecule has 0 bridgehead atoms. The summed E-state index contributed by atoms with van der Waals surface area (Å²) >= 11 is 0. The van der Waals surface area contributed by atoms with Gasteiger partial charge in [-0.15, -0.1) is 0 Å². The second-order valence-corrected chi connectivity index (χ2v) is 4.10. The molecule has 0 saturated heterocycles. The number of carbonyl (C=O) groups excluding carboxylic acids is 2. The van der Waals surface area contributed by atoms with E-state index in [-0.39, 0.29) is 12.4 Å². The summed E-state index contributed by atoms with van der Waals surface area (Å²) in [7, 11) is 1.35. The van der Waals surface area contributed by atoms with Crippen LogP contribution in [0.5, 0.6) is 5.75 Å². The van der Waals surface area contributed by atoms with E-state index in [1.807, 2.05) is 13.0 Å². The minimum Gasteiger partial charge on any atom is -0.494 e. The van der Waals surface area contributed by atoms with Crippen LogP contribution in [0.2, 0.25) is 0 Å². The first-order valence-corrected chi connectivity index (χ1v) is 6.61. The van der Waals surface area contributed by atoms with Crippen LogP contribution in [0.25, 0.3) is 0 Å². The molecule has 0 saturated carbocycles. The lowest BCUT2D eigenvalue weighted by molar-refractivity contribution is -0.140. The molecule has 110 valence electrons. The van der Waals surface area contributed by atoms with Gasteiger partial charge in [-0.1, -0.05) is 0 Å². The highest BCUT2D eigenvalue weighted by atomic mass is 16.5. The van der Waals surface area contributed by atoms with E-state index in [1.165, 1.54) is 7.11 Å². The van der Waals surface area contributed by atoms with E-state index in [0.717, 1.165) is 5.56 Å². The Kier molecular flexibility index (Phi) is 6.56. The first-order valence-electron chi connectivity index (χ1n) is 6.61. The number of ether oxygens (including phenoxy) is 3. The minimum atomic E-state index is -0.395. The number of carbonyl (C=O) groups is 2. The molecule has 5 heteroatoms. The van der Waals surface area contributed by atoms with Gasteiger partial charge in [-0.05, 0) is 44.0 Å². The zero-order valence-electron chi connectivity index (χ0n) is 12.1. The molecule has 0 aliphatic heterocycles. The predicted octanol–water partition coefficient (Wildman–Crippen LogP) is 2.37. The summed E-state index contributed by atoms with van der Waals surface area (Å²) in [5, 5.41) is 0. The molecule has 0 atom stereocenters. The molecule has 5 nitrogen and oxygen atoms in total. The van der Waals surface area contributed by atoms with Crippen LogP contribution in [0.3, 0.4) is 0 Å². The maximum atomic E-state index is 11.8. The topological polar surface area (TPSA) is 61.8 Å². The average Bonchev–Trinajstić information content (AvgIpc) is 2.45. The first-order chi connectivity index (χ1) is 9.60. The summed E-state index contributed by atoms with van der Waals surface area (Å²) in [6, 6.07) is 5.17. The van der Waals surface area contributed by atoms with Crippen molar-refractivity contribution in [1.82, 2.24) is 0 Å². The van der Waals surface area contributed by atoms with Gasteiger partial charge in [0.2, 0.25) is 0 Å². The van der Waals surface area contributed by atoms with E-state index in [9.17, 15) is 9.59 Å². The van der Waals surface area contributed by atoms with Gasteiger partial charge in [0.1, 0.15) is 5.75 Å². The molecule has 0 unspecified atom stereocenters. The van der Waals surface area contributed by atoms with Gasteiger partial charge in [-0.2, -0.15) is 0 Å². The summed E-state index contributed by atoms with van der Waals surface area (Å²) < 4.78 is 15.0. The predicted molar refractivity (Wildman–Crippen MR) is 73.9 cm³/mol. The average molecular weight is 280 g/mol. The van der Waals surface area contributed by atoms with Crippen LogP contribution in [-0.4, -0.2) is 32.3 Å². The van der Waals surface area contributed by atoms with Gasteiger partial charge in [-0.25, -0.2) is 4.79 Å². The molecule has 0 heterocycles. The van der Waals surface area contributed by atoms with Gasteiger partial charge in [0, 0.05) is 6.42 Å². The van der Waals surface area contributed by atoms with Crippen molar-refractivity contribution in [2.45, 2.75) is 26.7 Å². The normalized spacial score (nSPS) is 9.95. The summed E-state index contributed by atoms with van der Waals surface area (Å²) in [6.07, 6.45) is 0.744. The Morgan fingerprint density at radius 2 is 1.85 bits per heavy atom. The number of aryl methyl sites for hydroxylation is 1. The quantitative estimate of drug-likeness (QED) is 0.717. The minimum absolute atomic E-state index is 0.258. The van der Waals surface area contributed by atoms with Crippen LogP contribution in [0, 0.1) is 0 Å². The van der Waals surface area contributed by atoms with Crippen LogP contribution >= 0.6 is 0 Å². The van der Waals surface area contributed by atoms with Gasteiger partial charge in [0.05, 0.1) is 25.9 Å².